The lowest BCUT2D eigenvalue weighted by Gasteiger charge is -2.05. The van der Waals surface area contributed by atoms with Gasteiger partial charge in [-0.2, -0.15) is 4.68 Å². The molecule has 1 heterocycles. The topological polar surface area (TPSA) is 56.7 Å². The fourth-order valence-corrected chi connectivity index (χ4v) is 1.59. The van der Waals surface area contributed by atoms with Gasteiger partial charge in [0.1, 0.15) is 5.69 Å². The minimum atomic E-state index is 0.291. The molecule has 2 N–H and O–H groups in total. The number of hydrogen-bond donors (Lipinski definition) is 1. The molecule has 0 fully saturated rings. The second kappa shape index (κ2) is 3.96. The highest BCUT2D eigenvalue weighted by Gasteiger charge is 2.13. The smallest absolute Gasteiger partial charge is 0.151 e. The number of nitrogen functional groups attached to an aromatic ring is 1. The van der Waals surface area contributed by atoms with Gasteiger partial charge < -0.3 is 5.73 Å². The number of rotatable bonds is 2. The van der Waals surface area contributed by atoms with Crippen LogP contribution in [0.4, 0.5) is 5.82 Å². The summed E-state index contributed by atoms with van der Waals surface area (Å²) in [5.74, 6) is 0.915. The Kier molecular flexibility index (Phi) is 2.64. The average molecular weight is 216 g/mol. The maximum Gasteiger partial charge on any atom is 0.151 e. The van der Waals surface area contributed by atoms with Gasteiger partial charge in [0.2, 0.25) is 0 Å². The first-order valence-electron chi connectivity index (χ1n) is 5.37. The van der Waals surface area contributed by atoms with E-state index in [1.165, 1.54) is 5.56 Å². The third kappa shape index (κ3) is 1.78. The number of aryl methyl sites for hydroxylation is 1. The SMILES string of the molecule is Cc1ccc(-n2nnc(C(C)C)c2N)cc1. The second-order valence-electron chi connectivity index (χ2n) is 4.26. The highest BCUT2D eigenvalue weighted by atomic mass is 15.5. The second-order valence-corrected chi connectivity index (χ2v) is 4.26. The van der Waals surface area contributed by atoms with Crippen molar-refractivity contribution in [3.63, 3.8) is 0 Å². The van der Waals surface area contributed by atoms with Gasteiger partial charge in [0.15, 0.2) is 5.82 Å². The van der Waals surface area contributed by atoms with E-state index in [4.69, 9.17) is 5.73 Å². The minimum Gasteiger partial charge on any atom is -0.382 e. The molecule has 0 aliphatic carbocycles. The molecule has 0 aliphatic heterocycles. The first kappa shape index (κ1) is 10.7. The predicted octanol–water partition coefficient (Wildman–Crippen LogP) is 2.28. The van der Waals surface area contributed by atoms with Gasteiger partial charge in [0.05, 0.1) is 5.69 Å². The largest absolute Gasteiger partial charge is 0.382 e. The highest BCUT2D eigenvalue weighted by molar-refractivity contribution is 5.45. The Bertz CT molecular complexity index is 482. The van der Waals surface area contributed by atoms with E-state index in [-0.39, 0.29) is 0 Å². The van der Waals surface area contributed by atoms with Crippen molar-refractivity contribution in [1.82, 2.24) is 15.0 Å². The lowest BCUT2D eigenvalue weighted by molar-refractivity contribution is 0.776. The molecule has 0 amide bonds. The monoisotopic (exact) mass is 216 g/mol. The van der Waals surface area contributed by atoms with E-state index in [9.17, 15) is 0 Å². The summed E-state index contributed by atoms with van der Waals surface area (Å²) < 4.78 is 1.68. The van der Waals surface area contributed by atoms with Crippen LogP contribution in [0, 0.1) is 6.92 Å². The minimum absolute atomic E-state index is 0.291. The summed E-state index contributed by atoms with van der Waals surface area (Å²) in [6, 6.07) is 8.05. The highest BCUT2D eigenvalue weighted by Crippen LogP contribution is 2.21. The molecule has 16 heavy (non-hydrogen) atoms. The van der Waals surface area contributed by atoms with Crippen molar-refractivity contribution >= 4 is 5.82 Å². The van der Waals surface area contributed by atoms with E-state index in [0.717, 1.165) is 11.4 Å². The molecule has 0 radical (unpaired) electrons. The molecule has 0 aliphatic rings. The number of anilines is 1. The van der Waals surface area contributed by atoms with E-state index in [2.05, 4.69) is 24.2 Å². The fraction of sp³-hybridized carbons (Fsp3) is 0.333. The Morgan fingerprint density at radius 3 is 2.31 bits per heavy atom. The summed E-state index contributed by atoms with van der Waals surface area (Å²) in [4.78, 5) is 0. The van der Waals surface area contributed by atoms with Crippen molar-refractivity contribution in [2.45, 2.75) is 26.7 Å². The van der Waals surface area contributed by atoms with E-state index in [1.54, 1.807) is 4.68 Å². The van der Waals surface area contributed by atoms with Crippen LogP contribution in [0.5, 0.6) is 0 Å². The molecule has 2 rings (SSSR count). The molecule has 4 heteroatoms. The molecule has 1 aromatic heterocycles. The number of nitrogens with two attached hydrogens (primary N) is 1. The molecule has 0 saturated carbocycles. The molecule has 0 atom stereocenters. The number of nitrogens with zero attached hydrogens (tertiary/aromatic N) is 3. The zero-order valence-electron chi connectivity index (χ0n) is 9.81. The van der Waals surface area contributed by atoms with Crippen LogP contribution in [0.15, 0.2) is 24.3 Å². The van der Waals surface area contributed by atoms with Crippen molar-refractivity contribution in [3.8, 4) is 5.69 Å². The summed E-state index contributed by atoms with van der Waals surface area (Å²) in [5.41, 5.74) is 9.02. The molecule has 0 unspecified atom stereocenters. The molecule has 2 aromatic rings. The van der Waals surface area contributed by atoms with Gasteiger partial charge in [-0.25, -0.2) is 0 Å². The van der Waals surface area contributed by atoms with Crippen LogP contribution in [0.25, 0.3) is 5.69 Å². The van der Waals surface area contributed by atoms with Gasteiger partial charge in [-0.15, -0.1) is 5.10 Å². The van der Waals surface area contributed by atoms with Crippen molar-refractivity contribution in [3.05, 3.63) is 35.5 Å². The van der Waals surface area contributed by atoms with Crippen LogP contribution in [0.3, 0.4) is 0 Å². The Labute approximate surface area is 95.1 Å². The van der Waals surface area contributed by atoms with Gasteiger partial charge in [-0.1, -0.05) is 36.8 Å². The average Bonchev–Trinajstić information content (AvgIpc) is 2.61. The normalized spacial score (nSPS) is 11.0. The van der Waals surface area contributed by atoms with Crippen LogP contribution in [-0.4, -0.2) is 15.0 Å². The van der Waals surface area contributed by atoms with Crippen molar-refractivity contribution in [2.75, 3.05) is 5.73 Å². The lowest BCUT2D eigenvalue weighted by atomic mass is 10.1. The molecule has 4 nitrogen and oxygen atoms in total. The van der Waals surface area contributed by atoms with Gasteiger partial charge in [-0.3, -0.25) is 0 Å². The quantitative estimate of drug-likeness (QED) is 0.837. The molecule has 0 saturated heterocycles. The van der Waals surface area contributed by atoms with Crippen molar-refractivity contribution in [1.29, 1.82) is 0 Å². The Hall–Kier alpha value is -1.84. The lowest BCUT2D eigenvalue weighted by Crippen LogP contribution is -2.03. The third-order valence-corrected chi connectivity index (χ3v) is 2.56. The molecular formula is C12H16N4. The Morgan fingerprint density at radius 1 is 1.19 bits per heavy atom. The van der Waals surface area contributed by atoms with Crippen LogP contribution in [0.1, 0.15) is 31.0 Å². The van der Waals surface area contributed by atoms with Gasteiger partial charge in [0, 0.05) is 5.92 Å². The Balaban J connectivity index is 2.45. The Morgan fingerprint density at radius 2 is 1.81 bits per heavy atom. The zero-order chi connectivity index (χ0) is 11.7. The predicted molar refractivity (Wildman–Crippen MR) is 64.6 cm³/mol. The van der Waals surface area contributed by atoms with Crippen LogP contribution >= 0.6 is 0 Å². The van der Waals surface area contributed by atoms with Crippen LogP contribution in [-0.2, 0) is 0 Å². The van der Waals surface area contributed by atoms with Gasteiger partial charge >= 0.3 is 0 Å². The molecular weight excluding hydrogens is 200 g/mol. The summed E-state index contributed by atoms with van der Waals surface area (Å²) in [6.45, 7) is 6.16. The summed E-state index contributed by atoms with van der Waals surface area (Å²) in [5, 5.41) is 8.18. The molecule has 1 aromatic carbocycles. The summed E-state index contributed by atoms with van der Waals surface area (Å²) in [6.07, 6.45) is 0. The van der Waals surface area contributed by atoms with E-state index < -0.39 is 0 Å². The summed E-state index contributed by atoms with van der Waals surface area (Å²) in [7, 11) is 0. The molecule has 0 spiro atoms. The van der Waals surface area contributed by atoms with Crippen molar-refractivity contribution in [2.24, 2.45) is 0 Å². The standard InChI is InChI=1S/C12H16N4/c1-8(2)11-12(13)16(15-14-11)10-6-4-9(3)5-7-10/h4-8H,13H2,1-3H3. The number of hydrogen-bond acceptors (Lipinski definition) is 3. The maximum absolute atomic E-state index is 6.01. The first-order valence-corrected chi connectivity index (χ1v) is 5.37. The summed E-state index contributed by atoms with van der Waals surface area (Å²) >= 11 is 0. The zero-order valence-corrected chi connectivity index (χ0v) is 9.81. The van der Waals surface area contributed by atoms with E-state index in [1.807, 2.05) is 31.2 Å². The van der Waals surface area contributed by atoms with Crippen molar-refractivity contribution < 1.29 is 0 Å². The maximum atomic E-state index is 6.01. The van der Waals surface area contributed by atoms with Crippen LogP contribution < -0.4 is 5.73 Å². The molecule has 84 valence electrons. The molecule has 0 bridgehead atoms. The van der Waals surface area contributed by atoms with Gasteiger partial charge in [-0.05, 0) is 19.1 Å². The van der Waals surface area contributed by atoms with E-state index in [0.29, 0.717) is 11.7 Å². The van der Waals surface area contributed by atoms with Gasteiger partial charge in [0.25, 0.3) is 0 Å². The fourth-order valence-electron chi connectivity index (χ4n) is 1.59. The first-order chi connectivity index (χ1) is 7.59. The number of benzene rings is 1. The number of aromatic nitrogens is 3. The third-order valence-electron chi connectivity index (χ3n) is 2.56. The van der Waals surface area contributed by atoms with Crippen LogP contribution in [0.2, 0.25) is 0 Å². The van der Waals surface area contributed by atoms with E-state index >= 15 is 0 Å².